The van der Waals surface area contributed by atoms with E-state index in [2.05, 4.69) is 32.3 Å². The molecule has 0 fully saturated rings. The van der Waals surface area contributed by atoms with Crippen LogP contribution in [-0.2, 0) is 6.54 Å². The molecule has 0 radical (unpaired) electrons. The van der Waals surface area contributed by atoms with Crippen molar-refractivity contribution in [3.63, 3.8) is 0 Å². The van der Waals surface area contributed by atoms with E-state index in [0.717, 1.165) is 23.5 Å². The molecule has 3 aromatic heterocycles. The molecule has 0 N–H and O–H groups in total. The number of pyridine rings is 1. The summed E-state index contributed by atoms with van der Waals surface area (Å²) in [5, 5.41) is 0. The number of rotatable bonds is 0. The molecule has 0 atom stereocenters. The number of fused-ring (bicyclic) bond motifs is 7. The first kappa shape index (κ1) is 9.33. The van der Waals surface area contributed by atoms with Gasteiger partial charge in [-0.05, 0) is 18.2 Å². The summed E-state index contributed by atoms with van der Waals surface area (Å²) in [7, 11) is 0. The monoisotopic (exact) mass is 248 g/mol. The lowest BCUT2D eigenvalue weighted by atomic mass is 10.1. The molecule has 4 heteroatoms. The fourth-order valence-electron chi connectivity index (χ4n) is 2.94. The van der Waals surface area contributed by atoms with Crippen molar-refractivity contribution < 1.29 is 8.82 Å². The summed E-state index contributed by atoms with van der Waals surface area (Å²) in [5.74, 6) is 0.882. The molecule has 1 aromatic carbocycles. The second-order valence-electron chi connectivity index (χ2n) is 4.86. The van der Waals surface area contributed by atoms with E-state index in [9.17, 15) is 0 Å². The van der Waals surface area contributed by atoms with Gasteiger partial charge in [0.2, 0.25) is 0 Å². The van der Waals surface area contributed by atoms with Gasteiger partial charge < -0.3 is 4.42 Å². The Morgan fingerprint density at radius 2 is 2.16 bits per heavy atom. The largest absolute Gasteiger partial charge is 0.468 e. The number of para-hydroxylation sites is 2. The molecule has 0 unspecified atom stereocenters. The Balaban J connectivity index is 1.93. The molecule has 1 aliphatic heterocycles. The van der Waals surface area contributed by atoms with Crippen molar-refractivity contribution in [3.8, 4) is 11.3 Å². The summed E-state index contributed by atoms with van der Waals surface area (Å²) < 4.78 is 10.3. The molecule has 4 nitrogen and oxygen atoms in total. The zero-order valence-electron chi connectivity index (χ0n) is 10.1. The Bertz CT molecular complexity index is 949. The van der Waals surface area contributed by atoms with Crippen molar-refractivity contribution in [2.75, 3.05) is 0 Å². The topological polar surface area (TPSA) is 35.1 Å². The molecule has 0 saturated carbocycles. The highest BCUT2D eigenvalue weighted by molar-refractivity contribution is 5.73. The molecule has 4 heterocycles. The van der Waals surface area contributed by atoms with Gasteiger partial charge in [-0.15, -0.1) is 0 Å². The summed E-state index contributed by atoms with van der Waals surface area (Å²) in [6.07, 6.45) is 5.92. The van der Waals surface area contributed by atoms with Crippen molar-refractivity contribution in [2.24, 2.45) is 0 Å². The summed E-state index contributed by atoms with van der Waals surface area (Å²) in [5.41, 5.74) is 5.72. The fourth-order valence-corrected chi connectivity index (χ4v) is 2.94. The van der Waals surface area contributed by atoms with Gasteiger partial charge in [-0.2, -0.15) is 8.97 Å². The number of nitrogens with zero attached hydrogens (tertiary/aromatic N) is 3. The van der Waals surface area contributed by atoms with Crippen LogP contribution in [0.1, 0.15) is 5.56 Å². The molecular weight excluding hydrogens is 238 g/mol. The molecule has 0 saturated heterocycles. The van der Waals surface area contributed by atoms with E-state index in [-0.39, 0.29) is 0 Å². The maximum Gasteiger partial charge on any atom is 0.468 e. The second kappa shape index (κ2) is 3.03. The third-order valence-corrected chi connectivity index (χ3v) is 3.81. The smallest absolute Gasteiger partial charge is 0.387 e. The summed E-state index contributed by atoms with van der Waals surface area (Å²) in [4.78, 5) is 4.19. The van der Waals surface area contributed by atoms with Gasteiger partial charge >= 0.3 is 5.84 Å². The molecular formula is C15H10N3O+. The van der Waals surface area contributed by atoms with Crippen molar-refractivity contribution in [3.05, 3.63) is 54.5 Å². The summed E-state index contributed by atoms with van der Waals surface area (Å²) in [6.45, 7) is 0.828. The first-order chi connectivity index (χ1) is 9.42. The molecule has 90 valence electrons. The number of hydrogen-bond acceptors (Lipinski definition) is 2. The van der Waals surface area contributed by atoms with Crippen LogP contribution in [0.2, 0.25) is 0 Å². The number of imidazole rings is 1. The lowest BCUT2D eigenvalue weighted by Gasteiger charge is -1.91. The zero-order valence-corrected chi connectivity index (χ0v) is 10.1. The molecule has 0 aliphatic carbocycles. The minimum absolute atomic E-state index is 0.828. The van der Waals surface area contributed by atoms with Crippen LogP contribution in [0.3, 0.4) is 0 Å². The van der Waals surface area contributed by atoms with E-state index >= 15 is 0 Å². The van der Waals surface area contributed by atoms with Crippen LogP contribution in [0.25, 0.3) is 28.2 Å². The highest BCUT2D eigenvalue weighted by atomic mass is 16.4. The van der Waals surface area contributed by atoms with Gasteiger partial charge in [0.1, 0.15) is 12.7 Å². The van der Waals surface area contributed by atoms with Crippen LogP contribution in [0.15, 0.2) is 53.3 Å². The maximum absolute atomic E-state index is 5.97. The molecule has 19 heavy (non-hydrogen) atoms. The second-order valence-corrected chi connectivity index (χ2v) is 4.86. The van der Waals surface area contributed by atoms with E-state index < -0.39 is 0 Å². The number of benzene rings is 1. The van der Waals surface area contributed by atoms with Gasteiger partial charge in [-0.25, -0.2) is 0 Å². The van der Waals surface area contributed by atoms with Crippen LogP contribution in [-0.4, -0.2) is 9.55 Å². The van der Waals surface area contributed by atoms with E-state index in [1.54, 1.807) is 0 Å². The Kier molecular flexibility index (Phi) is 1.49. The Hall–Kier alpha value is -2.62. The Morgan fingerprint density at radius 1 is 1.21 bits per heavy atom. The molecule has 5 rings (SSSR count). The fraction of sp³-hybridized carbons (Fsp3) is 0.0667. The average molecular weight is 248 g/mol. The zero-order chi connectivity index (χ0) is 12.4. The van der Waals surface area contributed by atoms with Crippen LogP contribution in [0.4, 0.5) is 0 Å². The van der Waals surface area contributed by atoms with Gasteiger partial charge in [0, 0.05) is 23.5 Å². The quantitative estimate of drug-likeness (QED) is 0.394. The minimum atomic E-state index is 0.828. The van der Waals surface area contributed by atoms with E-state index in [4.69, 9.17) is 4.42 Å². The molecule has 1 aliphatic rings. The first-order valence-corrected chi connectivity index (χ1v) is 6.27. The predicted molar refractivity (Wildman–Crippen MR) is 69.7 cm³/mol. The van der Waals surface area contributed by atoms with Gasteiger partial charge in [-0.3, -0.25) is 4.98 Å². The van der Waals surface area contributed by atoms with E-state index in [0.29, 0.717) is 0 Å². The van der Waals surface area contributed by atoms with E-state index in [1.807, 2.05) is 30.6 Å². The van der Waals surface area contributed by atoms with Gasteiger partial charge in [0.15, 0.2) is 16.8 Å². The minimum Gasteiger partial charge on any atom is -0.387 e. The number of hydrogen-bond donors (Lipinski definition) is 0. The molecule has 0 spiro atoms. The van der Waals surface area contributed by atoms with Crippen molar-refractivity contribution in [2.45, 2.75) is 6.54 Å². The highest BCUT2D eigenvalue weighted by Crippen LogP contribution is 2.32. The van der Waals surface area contributed by atoms with Crippen molar-refractivity contribution >= 4 is 16.9 Å². The third kappa shape index (κ3) is 1.04. The summed E-state index contributed by atoms with van der Waals surface area (Å²) in [6, 6.07) is 10.2. The third-order valence-electron chi connectivity index (χ3n) is 3.81. The maximum atomic E-state index is 5.97. The molecule has 0 amide bonds. The van der Waals surface area contributed by atoms with E-state index in [1.165, 1.54) is 16.8 Å². The van der Waals surface area contributed by atoms with Crippen molar-refractivity contribution in [1.29, 1.82) is 0 Å². The standard InChI is InChI=1S/C15H10N3O/c1-2-4-14-12(3-1)18-9-13-11-5-6-16-7-10(11)8-17(13)15(18)19-14/h1-7,9H,8H2/q+1. The lowest BCUT2D eigenvalue weighted by molar-refractivity contribution is -0.484. The van der Waals surface area contributed by atoms with Crippen LogP contribution >= 0.6 is 0 Å². The summed E-state index contributed by atoms with van der Waals surface area (Å²) >= 11 is 0. The first-order valence-electron chi connectivity index (χ1n) is 6.27. The van der Waals surface area contributed by atoms with Gasteiger partial charge in [0.05, 0.1) is 0 Å². The Labute approximate surface area is 108 Å². The van der Waals surface area contributed by atoms with Crippen LogP contribution < -0.4 is 4.40 Å². The highest BCUT2D eigenvalue weighted by Gasteiger charge is 2.31. The van der Waals surface area contributed by atoms with Crippen molar-refractivity contribution in [1.82, 2.24) is 9.55 Å². The van der Waals surface area contributed by atoms with Gasteiger partial charge in [-0.1, -0.05) is 12.1 Å². The predicted octanol–water partition coefficient (Wildman–Crippen LogP) is 2.40. The number of oxazole rings is 1. The Morgan fingerprint density at radius 3 is 3.16 bits per heavy atom. The molecule has 0 bridgehead atoms. The molecule has 4 aromatic rings. The normalized spacial score (nSPS) is 13.1. The van der Waals surface area contributed by atoms with Crippen LogP contribution in [0, 0.1) is 0 Å². The SMILES string of the molecule is c1ccc2c(c1)oc1n3c(c[n+]21)-c1ccncc1C3. The lowest BCUT2D eigenvalue weighted by Crippen LogP contribution is -2.16. The number of aromatic nitrogens is 3. The van der Waals surface area contributed by atoms with Crippen LogP contribution in [0.5, 0.6) is 0 Å². The van der Waals surface area contributed by atoms with Gasteiger partial charge in [0.25, 0.3) is 0 Å². The average Bonchev–Trinajstić information content (AvgIpc) is 3.07.